The van der Waals surface area contributed by atoms with Crippen molar-refractivity contribution in [3.8, 4) is 6.07 Å². The Labute approximate surface area is 133 Å². The van der Waals surface area contributed by atoms with Crippen LogP contribution >= 0.6 is 0 Å². The third-order valence-electron chi connectivity index (χ3n) is 3.92. The average Bonchev–Trinajstić information content (AvgIpc) is 3.38. The fourth-order valence-electron chi connectivity index (χ4n) is 2.33. The van der Waals surface area contributed by atoms with Gasteiger partial charge in [0.05, 0.1) is 11.6 Å². The van der Waals surface area contributed by atoms with Gasteiger partial charge in [-0.3, -0.25) is 9.59 Å². The molecule has 0 unspecified atom stereocenters. The van der Waals surface area contributed by atoms with Gasteiger partial charge < -0.3 is 10.6 Å². The van der Waals surface area contributed by atoms with Crippen LogP contribution in [-0.2, 0) is 9.59 Å². The summed E-state index contributed by atoms with van der Waals surface area (Å²) in [6, 6.07) is 17.7. The molecule has 3 rings (SSSR count). The van der Waals surface area contributed by atoms with Crippen molar-refractivity contribution in [3.63, 3.8) is 0 Å². The summed E-state index contributed by atoms with van der Waals surface area (Å²) < 4.78 is 0. The predicted molar refractivity (Wildman–Crippen MR) is 86.5 cm³/mol. The quantitative estimate of drug-likeness (QED) is 0.852. The van der Waals surface area contributed by atoms with Gasteiger partial charge in [-0.25, -0.2) is 0 Å². The molecule has 23 heavy (non-hydrogen) atoms. The molecule has 2 aromatic rings. The molecular formula is C18H15N3O2. The van der Waals surface area contributed by atoms with Crippen molar-refractivity contribution in [3.05, 3.63) is 60.2 Å². The molecule has 0 heterocycles. The van der Waals surface area contributed by atoms with E-state index in [-0.39, 0.29) is 11.8 Å². The van der Waals surface area contributed by atoms with E-state index in [9.17, 15) is 9.59 Å². The standard InChI is InChI=1S/C18H15N3O2/c19-12-13-6-8-15(9-7-13)21-17(23)18(10-11-18)16(22)20-14-4-2-1-3-5-14/h1-9H,10-11H2,(H,20,22)(H,21,23). The Kier molecular flexibility index (Phi) is 3.82. The minimum Gasteiger partial charge on any atom is -0.325 e. The molecule has 5 nitrogen and oxygen atoms in total. The van der Waals surface area contributed by atoms with Crippen LogP contribution in [0.5, 0.6) is 0 Å². The van der Waals surface area contributed by atoms with Gasteiger partial charge in [0.1, 0.15) is 5.41 Å². The van der Waals surface area contributed by atoms with E-state index in [1.807, 2.05) is 24.3 Å². The van der Waals surface area contributed by atoms with E-state index in [2.05, 4.69) is 10.6 Å². The van der Waals surface area contributed by atoms with Crippen LogP contribution in [0.1, 0.15) is 18.4 Å². The molecule has 0 bridgehead atoms. The van der Waals surface area contributed by atoms with E-state index in [0.717, 1.165) is 0 Å². The zero-order valence-corrected chi connectivity index (χ0v) is 12.4. The molecule has 0 saturated heterocycles. The van der Waals surface area contributed by atoms with E-state index >= 15 is 0 Å². The molecule has 1 aliphatic carbocycles. The van der Waals surface area contributed by atoms with E-state index in [1.54, 1.807) is 36.4 Å². The van der Waals surface area contributed by atoms with Gasteiger partial charge in [0.2, 0.25) is 11.8 Å². The van der Waals surface area contributed by atoms with Gasteiger partial charge in [-0.15, -0.1) is 0 Å². The summed E-state index contributed by atoms with van der Waals surface area (Å²) in [5, 5.41) is 14.3. The first kappa shape index (κ1) is 14.8. The summed E-state index contributed by atoms with van der Waals surface area (Å²) in [6.45, 7) is 0. The van der Waals surface area contributed by atoms with Crippen molar-refractivity contribution in [1.29, 1.82) is 5.26 Å². The van der Waals surface area contributed by atoms with Crippen LogP contribution < -0.4 is 10.6 Å². The van der Waals surface area contributed by atoms with Crippen LogP contribution in [-0.4, -0.2) is 11.8 Å². The number of nitriles is 1. The van der Waals surface area contributed by atoms with E-state index in [1.165, 1.54) is 0 Å². The van der Waals surface area contributed by atoms with Crippen LogP contribution in [0.3, 0.4) is 0 Å². The summed E-state index contributed by atoms with van der Waals surface area (Å²) in [5.41, 5.74) is 0.776. The zero-order valence-electron chi connectivity index (χ0n) is 12.4. The van der Waals surface area contributed by atoms with Gasteiger partial charge in [0.15, 0.2) is 0 Å². The van der Waals surface area contributed by atoms with Gasteiger partial charge in [-0.1, -0.05) is 18.2 Å². The van der Waals surface area contributed by atoms with E-state index < -0.39 is 5.41 Å². The number of rotatable bonds is 4. The Morgan fingerprint density at radius 3 is 1.87 bits per heavy atom. The molecule has 0 aromatic heterocycles. The first-order valence-corrected chi connectivity index (χ1v) is 7.32. The van der Waals surface area contributed by atoms with Gasteiger partial charge in [0, 0.05) is 11.4 Å². The largest absolute Gasteiger partial charge is 0.325 e. The maximum Gasteiger partial charge on any atom is 0.240 e. The lowest BCUT2D eigenvalue weighted by atomic mass is 10.0. The van der Waals surface area contributed by atoms with E-state index in [4.69, 9.17) is 5.26 Å². The molecular weight excluding hydrogens is 290 g/mol. The van der Waals surface area contributed by atoms with Crippen molar-refractivity contribution < 1.29 is 9.59 Å². The highest BCUT2D eigenvalue weighted by Gasteiger charge is 2.56. The lowest BCUT2D eigenvalue weighted by Crippen LogP contribution is -2.35. The highest BCUT2D eigenvalue weighted by molar-refractivity contribution is 6.16. The molecule has 5 heteroatoms. The second-order valence-corrected chi connectivity index (χ2v) is 5.55. The second-order valence-electron chi connectivity index (χ2n) is 5.55. The normalized spacial score (nSPS) is 14.4. The Balaban J connectivity index is 1.68. The smallest absolute Gasteiger partial charge is 0.240 e. The monoisotopic (exact) mass is 305 g/mol. The number of benzene rings is 2. The van der Waals surface area contributed by atoms with Gasteiger partial charge in [-0.2, -0.15) is 5.26 Å². The summed E-state index contributed by atoms with van der Waals surface area (Å²) in [6.07, 6.45) is 1.07. The Hall–Kier alpha value is -3.13. The van der Waals surface area contributed by atoms with E-state index in [0.29, 0.717) is 29.8 Å². The van der Waals surface area contributed by atoms with Crippen molar-refractivity contribution in [1.82, 2.24) is 0 Å². The summed E-state index contributed by atoms with van der Waals surface area (Å²) in [7, 11) is 0. The van der Waals surface area contributed by atoms with Crippen LogP contribution in [0.15, 0.2) is 54.6 Å². The maximum absolute atomic E-state index is 12.4. The van der Waals surface area contributed by atoms with Crippen molar-refractivity contribution >= 4 is 23.2 Å². The van der Waals surface area contributed by atoms with Gasteiger partial charge in [-0.05, 0) is 49.2 Å². The topological polar surface area (TPSA) is 82.0 Å². The molecule has 2 N–H and O–H groups in total. The number of para-hydroxylation sites is 1. The Morgan fingerprint density at radius 2 is 1.39 bits per heavy atom. The number of nitrogens with zero attached hydrogens (tertiary/aromatic N) is 1. The number of hydrogen-bond acceptors (Lipinski definition) is 3. The fraction of sp³-hybridized carbons (Fsp3) is 0.167. The molecule has 1 aliphatic rings. The van der Waals surface area contributed by atoms with Crippen molar-refractivity contribution in [2.24, 2.45) is 5.41 Å². The zero-order chi connectivity index (χ0) is 16.3. The second kappa shape index (κ2) is 5.93. The molecule has 2 amide bonds. The molecule has 0 atom stereocenters. The lowest BCUT2D eigenvalue weighted by molar-refractivity contribution is -0.131. The number of hydrogen-bond donors (Lipinski definition) is 2. The predicted octanol–water partition coefficient (Wildman–Crippen LogP) is 2.92. The third kappa shape index (κ3) is 3.06. The van der Waals surface area contributed by atoms with Crippen LogP contribution in [0.2, 0.25) is 0 Å². The molecule has 0 spiro atoms. The highest BCUT2D eigenvalue weighted by atomic mass is 16.2. The minimum atomic E-state index is -0.996. The molecule has 1 fully saturated rings. The van der Waals surface area contributed by atoms with Crippen LogP contribution in [0.4, 0.5) is 11.4 Å². The average molecular weight is 305 g/mol. The number of carbonyl (C=O) groups excluding carboxylic acids is 2. The lowest BCUT2D eigenvalue weighted by Gasteiger charge is -2.15. The third-order valence-corrected chi connectivity index (χ3v) is 3.92. The Morgan fingerprint density at radius 1 is 0.870 bits per heavy atom. The molecule has 0 aliphatic heterocycles. The minimum absolute atomic E-state index is 0.283. The number of anilines is 2. The first-order chi connectivity index (χ1) is 11.1. The molecule has 2 aromatic carbocycles. The van der Waals surface area contributed by atoms with Crippen LogP contribution in [0.25, 0.3) is 0 Å². The molecule has 1 saturated carbocycles. The summed E-state index contributed by atoms with van der Waals surface area (Å²) in [4.78, 5) is 24.9. The summed E-state index contributed by atoms with van der Waals surface area (Å²) >= 11 is 0. The maximum atomic E-state index is 12.4. The number of amides is 2. The van der Waals surface area contributed by atoms with Gasteiger partial charge in [0.25, 0.3) is 0 Å². The van der Waals surface area contributed by atoms with Crippen molar-refractivity contribution in [2.75, 3.05) is 10.6 Å². The molecule has 114 valence electrons. The van der Waals surface area contributed by atoms with Crippen molar-refractivity contribution in [2.45, 2.75) is 12.8 Å². The Bertz CT molecular complexity index is 772. The molecule has 0 radical (unpaired) electrons. The van der Waals surface area contributed by atoms with Gasteiger partial charge >= 0.3 is 0 Å². The summed E-state index contributed by atoms with van der Waals surface area (Å²) in [5.74, 6) is -0.592. The highest BCUT2D eigenvalue weighted by Crippen LogP contribution is 2.47. The number of nitrogens with one attached hydrogen (secondary N) is 2. The first-order valence-electron chi connectivity index (χ1n) is 7.32. The number of carbonyl (C=O) groups is 2. The van der Waals surface area contributed by atoms with Crippen LogP contribution in [0, 0.1) is 16.7 Å². The SMILES string of the molecule is N#Cc1ccc(NC(=O)C2(C(=O)Nc3ccccc3)CC2)cc1. The fourth-order valence-corrected chi connectivity index (χ4v) is 2.33.